The van der Waals surface area contributed by atoms with Crippen LogP contribution in [0.15, 0.2) is 66.7 Å². The molecule has 5 nitrogen and oxygen atoms in total. The first-order valence-electron chi connectivity index (χ1n) is 10.4. The number of rotatable bonds is 5. The summed E-state index contributed by atoms with van der Waals surface area (Å²) in [5.41, 5.74) is 4.88. The van der Waals surface area contributed by atoms with E-state index in [1.807, 2.05) is 61.9 Å². The summed E-state index contributed by atoms with van der Waals surface area (Å²) in [5.74, 6) is -0.164. The highest BCUT2D eigenvalue weighted by atomic mass is 19.1. The number of alkyl carbamates (subject to hydrolysis) is 1. The van der Waals surface area contributed by atoms with E-state index >= 15 is 0 Å². The smallest absolute Gasteiger partial charge is 0.408 e. The molecule has 31 heavy (non-hydrogen) atoms. The minimum atomic E-state index is -0.429. The normalized spacial score (nSPS) is 18.7. The Labute approximate surface area is 181 Å². The van der Waals surface area contributed by atoms with Gasteiger partial charge in [0.2, 0.25) is 0 Å². The van der Waals surface area contributed by atoms with Gasteiger partial charge in [0, 0.05) is 17.2 Å². The van der Waals surface area contributed by atoms with Crippen molar-refractivity contribution < 1.29 is 13.9 Å². The van der Waals surface area contributed by atoms with Gasteiger partial charge in [-0.1, -0.05) is 36.4 Å². The molecular formula is C25H26FN3O2. The second-order valence-electron chi connectivity index (χ2n) is 7.92. The number of aryl methyl sites for hydroxylation is 1. The van der Waals surface area contributed by atoms with E-state index in [0.29, 0.717) is 6.42 Å². The largest absolute Gasteiger partial charge is 0.442 e. The Kier molecular flexibility index (Phi) is 5.89. The van der Waals surface area contributed by atoms with Crippen LogP contribution in [0, 0.1) is 19.7 Å². The Morgan fingerprint density at radius 3 is 2.55 bits per heavy atom. The summed E-state index contributed by atoms with van der Waals surface area (Å²) in [4.78, 5) is 12.4. The van der Waals surface area contributed by atoms with E-state index in [1.165, 1.54) is 12.1 Å². The molecule has 0 spiro atoms. The van der Waals surface area contributed by atoms with Crippen molar-refractivity contribution in [3.8, 4) is 5.69 Å². The molecule has 3 atom stereocenters. The first-order chi connectivity index (χ1) is 14.9. The van der Waals surface area contributed by atoms with Gasteiger partial charge in [-0.25, -0.2) is 13.9 Å². The summed E-state index contributed by atoms with van der Waals surface area (Å²) in [6, 6.07) is 15.9. The topological polar surface area (TPSA) is 56.2 Å². The third-order valence-electron chi connectivity index (χ3n) is 5.73. The third kappa shape index (κ3) is 4.53. The molecular weight excluding hydrogens is 393 g/mol. The molecule has 0 aliphatic heterocycles. The minimum absolute atomic E-state index is 0.110. The van der Waals surface area contributed by atoms with Crippen molar-refractivity contribution in [3.63, 3.8) is 0 Å². The first kappa shape index (κ1) is 20.8. The summed E-state index contributed by atoms with van der Waals surface area (Å²) < 4.78 is 20.7. The molecule has 1 N–H and O–H groups in total. The van der Waals surface area contributed by atoms with Crippen LogP contribution in [0.25, 0.3) is 5.69 Å². The van der Waals surface area contributed by atoms with Gasteiger partial charge in [0.1, 0.15) is 11.9 Å². The van der Waals surface area contributed by atoms with E-state index in [4.69, 9.17) is 4.74 Å². The van der Waals surface area contributed by atoms with Crippen LogP contribution >= 0.6 is 0 Å². The summed E-state index contributed by atoms with van der Waals surface area (Å²) in [6.07, 6.45) is 3.96. The van der Waals surface area contributed by atoms with Gasteiger partial charge in [0.25, 0.3) is 0 Å². The number of carbonyl (C=O) groups excluding carboxylic acids is 1. The summed E-state index contributed by atoms with van der Waals surface area (Å²) >= 11 is 0. The fraction of sp³-hybridized carbons (Fsp3) is 0.280. The van der Waals surface area contributed by atoms with Crippen LogP contribution in [0.5, 0.6) is 0 Å². The number of allylic oxidation sites excluding steroid dienone is 1. The first-order valence-corrected chi connectivity index (χ1v) is 10.4. The van der Waals surface area contributed by atoms with Crippen LogP contribution in [0.4, 0.5) is 9.18 Å². The van der Waals surface area contributed by atoms with Gasteiger partial charge < -0.3 is 10.1 Å². The average Bonchev–Trinajstić information content (AvgIpc) is 3.32. The van der Waals surface area contributed by atoms with Crippen molar-refractivity contribution in [3.05, 3.63) is 95.1 Å². The maximum atomic E-state index is 13.3. The Hall–Kier alpha value is -3.41. The molecule has 0 saturated carbocycles. The van der Waals surface area contributed by atoms with E-state index in [0.717, 1.165) is 28.2 Å². The van der Waals surface area contributed by atoms with Gasteiger partial charge in [-0.2, -0.15) is 5.10 Å². The van der Waals surface area contributed by atoms with Crippen LogP contribution in [-0.4, -0.2) is 22.0 Å². The van der Waals surface area contributed by atoms with E-state index < -0.39 is 6.09 Å². The van der Waals surface area contributed by atoms with Gasteiger partial charge in [0.15, 0.2) is 0 Å². The third-order valence-corrected chi connectivity index (χ3v) is 5.73. The lowest BCUT2D eigenvalue weighted by molar-refractivity contribution is 0.115. The zero-order valence-electron chi connectivity index (χ0n) is 17.9. The molecule has 1 aliphatic carbocycles. The van der Waals surface area contributed by atoms with Gasteiger partial charge in [0.05, 0.1) is 17.4 Å². The molecule has 1 heterocycles. The predicted octanol–water partition coefficient (Wildman–Crippen LogP) is 5.53. The van der Waals surface area contributed by atoms with E-state index in [2.05, 4.69) is 16.5 Å². The molecule has 1 amide bonds. The number of hydrogen-bond acceptors (Lipinski definition) is 3. The van der Waals surface area contributed by atoms with E-state index in [9.17, 15) is 9.18 Å². The molecule has 0 radical (unpaired) electrons. The van der Waals surface area contributed by atoms with Crippen molar-refractivity contribution in [1.29, 1.82) is 0 Å². The van der Waals surface area contributed by atoms with Gasteiger partial charge in [-0.3, -0.25) is 0 Å². The number of aromatic nitrogens is 2. The van der Waals surface area contributed by atoms with E-state index in [-0.39, 0.29) is 23.9 Å². The molecule has 3 aromatic rings. The maximum absolute atomic E-state index is 13.3. The van der Waals surface area contributed by atoms with Crippen molar-refractivity contribution in [1.82, 2.24) is 15.1 Å². The van der Waals surface area contributed by atoms with Gasteiger partial charge in [-0.05, 0) is 63.1 Å². The second kappa shape index (κ2) is 8.76. The Morgan fingerprint density at radius 2 is 1.84 bits per heavy atom. The highest BCUT2D eigenvalue weighted by Gasteiger charge is 2.28. The monoisotopic (exact) mass is 419 g/mol. The van der Waals surface area contributed by atoms with E-state index in [1.54, 1.807) is 12.1 Å². The van der Waals surface area contributed by atoms with Crippen molar-refractivity contribution >= 4 is 6.09 Å². The second-order valence-corrected chi connectivity index (χ2v) is 7.92. The molecule has 1 aliphatic rings. The lowest BCUT2D eigenvalue weighted by atomic mass is 9.96. The maximum Gasteiger partial charge on any atom is 0.408 e. The summed E-state index contributed by atoms with van der Waals surface area (Å²) in [5, 5.41) is 7.54. The lowest BCUT2D eigenvalue weighted by Gasteiger charge is -2.18. The van der Waals surface area contributed by atoms with Crippen LogP contribution in [0.2, 0.25) is 0 Å². The molecule has 6 heteroatoms. The molecule has 3 unspecified atom stereocenters. The zero-order valence-corrected chi connectivity index (χ0v) is 17.9. The molecule has 1 aromatic heterocycles. The number of hydrogen-bond donors (Lipinski definition) is 1. The Bertz CT molecular complexity index is 1090. The number of nitrogens with one attached hydrogen (secondary N) is 1. The number of carbonyl (C=O) groups is 1. The summed E-state index contributed by atoms with van der Waals surface area (Å²) in [7, 11) is 0. The van der Waals surface area contributed by atoms with Crippen molar-refractivity contribution in [2.75, 3.05) is 0 Å². The number of nitrogens with zero attached hydrogens (tertiary/aromatic N) is 2. The highest BCUT2D eigenvalue weighted by molar-refractivity contribution is 5.68. The van der Waals surface area contributed by atoms with Crippen molar-refractivity contribution in [2.45, 2.75) is 45.3 Å². The molecule has 4 rings (SSSR count). The molecule has 0 fully saturated rings. The average molecular weight is 420 g/mol. The molecule has 2 aromatic carbocycles. The Morgan fingerprint density at radius 1 is 1.13 bits per heavy atom. The quantitative estimate of drug-likeness (QED) is 0.554. The van der Waals surface area contributed by atoms with Gasteiger partial charge in [-0.15, -0.1) is 0 Å². The summed E-state index contributed by atoms with van der Waals surface area (Å²) in [6.45, 7) is 5.91. The number of ether oxygens (including phenoxy) is 1. The number of halogens is 1. The minimum Gasteiger partial charge on any atom is -0.442 e. The SMILES string of the molecule is Cc1nn(-c2ccc(F)cc2)c(C)c1C1C=CC(OC(=O)NC(C)c2ccccc2)C1. The fourth-order valence-corrected chi connectivity index (χ4v) is 4.17. The number of benzene rings is 2. The molecule has 0 bridgehead atoms. The lowest BCUT2D eigenvalue weighted by Crippen LogP contribution is -2.30. The van der Waals surface area contributed by atoms with Crippen LogP contribution in [0.1, 0.15) is 47.8 Å². The van der Waals surface area contributed by atoms with Crippen LogP contribution in [0.3, 0.4) is 0 Å². The Balaban J connectivity index is 1.41. The van der Waals surface area contributed by atoms with Crippen molar-refractivity contribution in [2.24, 2.45) is 0 Å². The standard InChI is InChI=1S/C25H26FN3O2/c1-16(19-7-5-4-6-8-19)27-25(30)31-23-14-9-20(15-23)24-17(2)28-29(18(24)3)22-12-10-21(26)11-13-22/h4-14,16,20,23H,15H2,1-3H3,(H,27,30). The highest BCUT2D eigenvalue weighted by Crippen LogP contribution is 2.35. The zero-order chi connectivity index (χ0) is 22.0. The van der Waals surface area contributed by atoms with Crippen LogP contribution < -0.4 is 5.32 Å². The predicted molar refractivity (Wildman–Crippen MR) is 118 cm³/mol. The van der Waals surface area contributed by atoms with Gasteiger partial charge >= 0.3 is 6.09 Å². The molecule has 160 valence electrons. The molecule has 0 saturated heterocycles. The number of amides is 1. The fourth-order valence-electron chi connectivity index (χ4n) is 4.17. The van der Waals surface area contributed by atoms with Crippen LogP contribution in [-0.2, 0) is 4.74 Å².